The minimum absolute atomic E-state index is 0.00190. The van der Waals surface area contributed by atoms with E-state index in [2.05, 4.69) is 4.98 Å². The zero-order valence-corrected chi connectivity index (χ0v) is 11.1. The molecule has 2 atom stereocenters. The molecular weight excluding hydrogens is 252 g/mol. The number of aliphatic hydroxyl groups excluding tert-OH is 1. The number of aromatic nitrogens is 2. The Bertz CT molecular complexity index is 550. The van der Waals surface area contributed by atoms with E-state index < -0.39 is 15.1 Å². The van der Waals surface area contributed by atoms with Gasteiger partial charge in [0.25, 0.3) is 0 Å². The van der Waals surface area contributed by atoms with Gasteiger partial charge in [-0.1, -0.05) is 0 Å². The van der Waals surface area contributed by atoms with E-state index in [1.165, 1.54) is 0 Å². The van der Waals surface area contributed by atoms with E-state index in [1.54, 1.807) is 6.20 Å². The number of rotatable bonds is 2. The second-order valence-corrected chi connectivity index (χ2v) is 7.51. The van der Waals surface area contributed by atoms with Gasteiger partial charge in [0.1, 0.15) is 11.1 Å². The normalized spacial score (nSPS) is 30.3. The van der Waals surface area contributed by atoms with Gasteiger partial charge in [0.15, 0.2) is 9.84 Å². The maximum atomic E-state index is 12.0. The minimum atomic E-state index is -3.04. The molecular formula is C12H18N2O3S. The Hall–Kier alpha value is -0.880. The largest absolute Gasteiger partial charge is 0.394 e. The summed E-state index contributed by atoms with van der Waals surface area (Å²) in [6.45, 7) is 0.0587. The van der Waals surface area contributed by atoms with Crippen molar-refractivity contribution in [2.75, 3.05) is 12.4 Å². The van der Waals surface area contributed by atoms with Gasteiger partial charge in [0.05, 0.1) is 18.4 Å². The van der Waals surface area contributed by atoms with Crippen LogP contribution in [0.15, 0.2) is 6.20 Å². The Morgan fingerprint density at radius 2 is 2.22 bits per heavy atom. The molecule has 6 heteroatoms. The fourth-order valence-electron chi connectivity index (χ4n) is 3.16. The average Bonchev–Trinajstić information content (AvgIpc) is 2.91. The molecule has 2 aliphatic heterocycles. The highest BCUT2D eigenvalue weighted by molar-refractivity contribution is 7.91. The van der Waals surface area contributed by atoms with Crippen LogP contribution < -0.4 is 0 Å². The number of nitrogens with zero attached hydrogens (tertiary/aromatic N) is 2. The summed E-state index contributed by atoms with van der Waals surface area (Å²) in [5, 5.41) is 9.00. The van der Waals surface area contributed by atoms with Gasteiger partial charge in [-0.15, -0.1) is 0 Å². The molecule has 0 amide bonds. The van der Waals surface area contributed by atoms with Crippen molar-refractivity contribution in [1.82, 2.24) is 9.55 Å². The highest BCUT2D eigenvalue weighted by Crippen LogP contribution is 2.37. The van der Waals surface area contributed by atoms with Crippen LogP contribution in [-0.2, 0) is 16.3 Å². The topological polar surface area (TPSA) is 72.2 Å². The van der Waals surface area contributed by atoms with Crippen molar-refractivity contribution in [3.05, 3.63) is 17.7 Å². The molecule has 1 aromatic rings. The molecule has 0 bridgehead atoms. The standard InChI is InChI=1S/C12H18N2O3S/c15-8-10-4-1-3-9-7-13-12(14(9)10)11-5-2-6-18(11,16)17/h7,10-11,15H,1-6,8H2. The summed E-state index contributed by atoms with van der Waals surface area (Å²) in [5.41, 5.74) is 1.07. The lowest BCUT2D eigenvalue weighted by Gasteiger charge is -2.27. The maximum absolute atomic E-state index is 12.0. The lowest BCUT2D eigenvalue weighted by molar-refractivity contribution is 0.204. The first-order valence-electron chi connectivity index (χ1n) is 6.52. The minimum Gasteiger partial charge on any atom is -0.394 e. The smallest absolute Gasteiger partial charge is 0.160 e. The number of aryl methyl sites for hydroxylation is 1. The second-order valence-electron chi connectivity index (χ2n) is 5.20. The van der Waals surface area contributed by atoms with Crippen molar-refractivity contribution in [3.63, 3.8) is 0 Å². The summed E-state index contributed by atoms with van der Waals surface area (Å²) < 4.78 is 26.0. The van der Waals surface area contributed by atoms with Crippen LogP contribution in [0.1, 0.15) is 48.5 Å². The van der Waals surface area contributed by atoms with E-state index in [9.17, 15) is 13.5 Å². The number of hydrogen-bond acceptors (Lipinski definition) is 4. The van der Waals surface area contributed by atoms with Crippen LogP contribution in [0.3, 0.4) is 0 Å². The van der Waals surface area contributed by atoms with E-state index in [-0.39, 0.29) is 18.4 Å². The Balaban J connectivity index is 2.06. The van der Waals surface area contributed by atoms with E-state index in [1.807, 2.05) is 4.57 Å². The van der Waals surface area contributed by atoms with E-state index in [4.69, 9.17) is 0 Å². The molecule has 1 fully saturated rings. The molecule has 3 heterocycles. The fourth-order valence-corrected chi connectivity index (χ4v) is 5.03. The van der Waals surface area contributed by atoms with Crippen LogP contribution in [0, 0.1) is 0 Å². The van der Waals surface area contributed by atoms with Crippen molar-refractivity contribution < 1.29 is 13.5 Å². The van der Waals surface area contributed by atoms with Gasteiger partial charge in [-0.25, -0.2) is 13.4 Å². The van der Waals surface area contributed by atoms with Crippen molar-refractivity contribution in [1.29, 1.82) is 0 Å². The Morgan fingerprint density at radius 1 is 1.39 bits per heavy atom. The third kappa shape index (κ3) is 1.78. The van der Waals surface area contributed by atoms with E-state index in [0.29, 0.717) is 12.2 Å². The number of sulfone groups is 1. The molecule has 3 rings (SSSR count). The number of hydrogen-bond donors (Lipinski definition) is 1. The van der Waals surface area contributed by atoms with Gasteiger partial charge >= 0.3 is 0 Å². The van der Waals surface area contributed by atoms with Crippen molar-refractivity contribution >= 4 is 9.84 Å². The molecule has 1 N–H and O–H groups in total. The molecule has 18 heavy (non-hydrogen) atoms. The number of imidazole rings is 1. The summed E-state index contributed by atoms with van der Waals surface area (Å²) in [6, 6.07) is 0.00190. The molecule has 1 aromatic heterocycles. The predicted molar refractivity (Wildman–Crippen MR) is 67.0 cm³/mol. The monoisotopic (exact) mass is 270 g/mol. The molecule has 0 saturated carbocycles. The Kier molecular flexibility index (Phi) is 2.94. The maximum Gasteiger partial charge on any atom is 0.160 e. The molecule has 2 unspecified atom stereocenters. The van der Waals surface area contributed by atoms with Crippen LogP contribution in [0.25, 0.3) is 0 Å². The van der Waals surface area contributed by atoms with Crippen molar-refractivity contribution in [2.24, 2.45) is 0 Å². The average molecular weight is 270 g/mol. The first kappa shape index (κ1) is 12.2. The number of aliphatic hydroxyl groups is 1. The van der Waals surface area contributed by atoms with Gasteiger partial charge in [-0.2, -0.15) is 0 Å². The first-order valence-corrected chi connectivity index (χ1v) is 8.23. The third-order valence-electron chi connectivity index (χ3n) is 4.06. The molecule has 0 spiro atoms. The Morgan fingerprint density at radius 3 is 2.89 bits per heavy atom. The lowest BCUT2D eigenvalue weighted by atomic mass is 10.0. The van der Waals surface area contributed by atoms with Gasteiger partial charge in [-0.05, 0) is 32.1 Å². The fraction of sp³-hybridized carbons (Fsp3) is 0.750. The lowest BCUT2D eigenvalue weighted by Crippen LogP contribution is -2.25. The molecule has 2 aliphatic rings. The quantitative estimate of drug-likeness (QED) is 0.870. The predicted octanol–water partition coefficient (Wildman–Crippen LogP) is 1.00. The molecule has 100 valence electrons. The van der Waals surface area contributed by atoms with Crippen molar-refractivity contribution in [3.8, 4) is 0 Å². The van der Waals surface area contributed by atoms with E-state index >= 15 is 0 Å². The summed E-state index contributed by atoms with van der Waals surface area (Å²) in [4.78, 5) is 4.35. The number of fused-ring (bicyclic) bond motifs is 1. The SMILES string of the molecule is O=S1(=O)CCCC1c1ncc2n1C(CO)CCC2. The van der Waals surface area contributed by atoms with Crippen LogP contribution in [0.2, 0.25) is 0 Å². The van der Waals surface area contributed by atoms with E-state index in [0.717, 1.165) is 31.4 Å². The molecule has 0 radical (unpaired) electrons. The van der Waals surface area contributed by atoms with Crippen LogP contribution in [0.5, 0.6) is 0 Å². The summed E-state index contributed by atoms with van der Waals surface area (Å²) in [6.07, 6.45) is 6.03. The summed E-state index contributed by atoms with van der Waals surface area (Å²) in [5.74, 6) is 0.921. The third-order valence-corrected chi connectivity index (χ3v) is 6.24. The van der Waals surface area contributed by atoms with Gasteiger partial charge in [-0.3, -0.25) is 0 Å². The first-order chi connectivity index (χ1) is 8.63. The second kappa shape index (κ2) is 4.35. The molecule has 0 aromatic carbocycles. The zero-order chi connectivity index (χ0) is 12.8. The zero-order valence-electron chi connectivity index (χ0n) is 10.2. The van der Waals surface area contributed by atoms with Gasteiger partial charge in [0.2, 0.25) is 0 Å². The van der Waals surface area contributed by atoms with Crippen LogP contribution >= 0.6 is 0 Å². The molecule has 5 nitrogen and oxygen atoms in total. The van der Waals surface area contributed by atoms with Gasteiger partial charge in [0, 0.05) is 11.9 Å². The highest BCUT2D eigenvalue weighted by Gasteiger charge is 2.38. The Labute approximate surface area is 107 Å². The molecule has 0 aliphatic carbocycles. The summed E-state index contributed by atoms with van der Waals surface area (Å²) >= 11 is 0. The van der Waals surface area contributed by atoms with Crippen LogP contribution in [0.4, 0.5) is 0 Å². The van der Waals surface area contributed by atoms with Gasteiger partial charge < -0.3 is 9.67 Å². The summed E-state index contributed by atoms with van der Waals surface area (Å²) in [7, 11) is -3.04. The van der Waals surface area contributed by atoms with Crippen molar-refractivity contribution in [2.45, 2.75) is 43.4 Å². The van der Waals surface area contributed by atoms with Crippen LogP contribution in [-0.4, -0.2) is 35.4 Å². The molecule has 1 saturated heterocycles. The highest BCUT2D eigenvalue weighted by atomic mass is 32.2.